The van der Waals surface area contributed by atoms with Crippen molar-refractivity contribution in [2.45, 2.75) is 19.9 Å². The van der Waals surface area contributed by atoms with E-state index >= 15 is 0 Å². The highest BCUT2D eigenvalue weighted by molar-refractivity contribution is 5.94. The molecular formula is C18H21NO3. The van der Waals surface area contributed by atoms with Gasteiger partial charge in [0, 0.05) is 5.56 Å². The molecule has 0 heterocycles. The van der Waals surface area contributed by atoms with Crippen LogP contribution in [-0.4, -0.2) is 19.6 Å². The Hall–Kier alpha value is -2.49. The van der Waals surface area contributed by atoms with Gasteiger partial charge in [-0.1, -0.05) is 18.2 Å². The van der Waals surface area contributed by atoms with E-state index in [0.717, 1.165) is 11.3 Å². The van der Waals surface area contributed by atoms with Gasteiger partial charge >= 0.3 is 0 Å². The molecule has 1 amide bonds. The Balaban J connectivity index is 2.08. The van der Waals surface area contributed by atoms with Gasteiger partial charge < -0.3 is 14.8 Å². The molecule has 1 atom stereocenters. The molecule has 2 aromatic carbocycles. The number of hydrogen-bond acceptors (Lipinski definition) is 3. The summed E-state index contributed by atoms with van der Waals surface area (Å²) in [5.41, 5.74) is 1.58. The van der Waals surface area contributed by atoms with E-state index < -0.39 is 0 Å². The zero-order valence-corrected chi connectivity index (χ0v) is 13.1. The number of methoxy groups -OCH3 is 1. The molecule has 0 aliphatic rings. The van der Waals surface area contributed by atoms with Gasteiger partial charge in [-0.25, -0.2) is 0 Å². The zero-order valence-electron chi connectivity index (χ0n) is 13.1. The lowest BCUT2D eigenvalue weighted by molar-refractivity contribution is 0.0939. The van der Waals surface area contributed by atoms with E-state index in [1.165, 1.54) is 0 Å². The molecule has 0 aliphatic heterocycles. The summed E-state index contributed by atoms with van der Waals surface area (Å²) in [5.74, 6) is 1.35. The van der Waals surface area contributed by atoms with Gasteiger partial charge in [0.15, 0.2) is 0 Å². The standard InChI is InChI=1S/C18H21NO3/c1-4-22-17-10-6-8-15(12-17)18(20)19-13(2)14-7-5-9-16(11-14)21-3/h5-13H,4H2,1-3H3,(H,19,20)/t13-/m0/s1. The topological polar surface area (TPSA) is 47.6 Å². The van der Waals surface area contributed by atoms with Crippen LogP contribution in [0.1, 0.15) is 35.8 Å². The van der Waals surface area contributed by atoms with Crippen LogP contribution in [0.3, 0.4) is 0 Å². The van der Waals surface area contributed by atoms with Crippen molar-refractivity contribution in [1.29, 1.82) is 0 Å². The second-order valence-electron chi connectivity index (χ2n) is 4.93. The third-order valence-electron chi connectivity index (χ3n) is 3.35. The normalized spacial score (nSPS) is 11.6. The van der Waals surface area contributed by atoms with E-state index in [9.17, 15) is 4.79 Å². The molecule has 0 aliphatic carbocycles. The molecule has 0 spiro atoms. The summed E-state index contributed by atoms with van der Waals surface area (Å²) in [6.45, 7) is 4.43. The van der Waals surface area contributed by atoms with E-state index in [0.29, 0.717) is 17.9 Å². The fourth-order valence-corrected chi connectivity index (χ4v) is 2.17. The minimum absolute atomic E-state index is 0.113. The first kappa shape index (κ1) is 15.9. The molecule has 0 saturated heterocycles. The van der Waals surface area contributed by atoms with Crippen molar-refractivity contribution in [2.75, 3.05) is 13.7 Å². The van der Waals surface area contributed by atoms with Gasteiger partial charge in [0.1, 0.15) is 11.5 Å². The van der Waals surface area contributed by atoms with E-state index in [1.807, 2.05) is 50.2 Å². The van der Waals surface area contributed by atoms with Gasteiger partial charge in [0.2, 0.25) is 0 Å². The predicted octanol–water partition coefficient (Wildman–Crippen LogP) is 3.58. The van der Waals surface area contributed by atoms with Crippen molar-refractivity contribution >= 4 is 5.91 Å². The molecule has 0 saturated carbocycles. The SMILES string of the molecule is CCOc1cccc(C(=O)N[C@@H](C)c2cccc(OC)c2)c1. The molecule has 4 nitrogen and oxygen atoms in total. The highest BCUT2D eigenvalue weighted by Gasteiger charge is 2.12. The number of carbonyl (C=O) groups excluding carboxylic acids is 1. The first-order chi connectivity index (χ1) is 10.6. The Kier molecular flexibility index (Phi) is 5.42. The lowest BCUT2D eigenvalue weighted by Crippen LogP contribution is -2.26. The van der Waals surface area contributed by atoms with Crippen molar-refractivity contribution in [3.05, 3.63) is 59.7 Å². The first-order valence-electron chi connectivity index (χ1n) is 7.31. The molecule has 0 unspecified atom stereocenters. The van der Waals surface area contributed by atoms with Crippen LogP contribution in [0.15, 0.2) is 48.5 Å². The summed E-state index contributed by atoms with van der Waals surface area (Å²) in [6, 6.07) is 14.7. The molecule has 4 heteroatoms. The molecule has 2 aromatic rings. The molecule has 0 bridgehead atoms. The highest BCUT2D eigenvalue weighted by atomic mass is 16.5. The van der Waals surface area contributed by atoms with Crippen molar-refractivity contribution in [1.82, 2.24) is 5.32 Å². The van der Waals surface area contributed by atoms with Crippen LogP contribution in [0.5, 0.6) is 11.5 Å². The number of amides is 1. The minimum atomic E-state index is -0.128. The lowest BCUT2D eigenvalue weighted by Gasteiger charge is -2.15. The van der Waals surface area contributed by atoms with Crippen LogP contribution in [0.25, 0.3) is 0 Å². The molecule has 1 N–H and O–H groups in total. The van der Waals surface area contributed by atoms with Gasteiger partial charge in [-0.2, -0.15) is 0 Å². The molecule has 0 fully saturated rings. The fraction of sp³-hybridized carbons (Fsp3) is 0.278. The van der Waals surface area contributed by atoms with E-state index in [4.69, 9.17) is 9.47 Å². The number of hydrogen-bond donors (Lipinski definition) is 1. The monoisotopic (exact) mass is 299 g/mol. The van der Waals surface area contributed by atoms with Crippen LogP contribution >= 0.6 is 0 Å². The molecule has 0 radical (unpaired) electrons. The van der Waals surface area contributed by atoms with Gasteiger partial charge in [0.25, 0.3) is 5.91 Å². The summed E-state index contributed by atoms with van der Waals surface area (Å²) < 4.78 is 10.6. The Bertz CT molecular complexity index is 640. The maximum absolute atomic E-state index is 12.3. The molecule has 0 aromatic heterocycles. The fourth-order valence-electron chi connectivity index (χ4n) is 2.17. The van der Waals surface area contributed by atoms with Crippen LogP contribution in [0, 0.1) is 0 Å². The number of ether oxygens (including phenoxy) is 2. The summed E-state index contributed by atoms with van der Waals surface area (Å²) in [6.07, 6.45) is 0. The Morgan fingerprint density at radius 1 is 1.14 bits per heavy atom. The van der Waals surface area contributed by atoms with E-state index in [1.54, 1.807) is 19.2 Å². The largest absolute Gasteiger partial charge is 0.497 e. The maximum atomic E-state index is 12.3. The molecule has 116 valence electrons. The molecular weight excluding hydrogens is 278 g/mol. The van der Waals surface area contributed by atoms with Crippen molar-refractivity contribution in [3.8, 4) is 11.5 Å². The third-order valence-corrected chi connectivity index (χ3v) is 3.35. The average molecular weight is 299 g/mol. The van der Waals surface area contributed by atoms with Crippen LogP contribution in [0.2, 0.25) is 0 Å². The van der Waals surface area contributed by atoms with Gasteiger partial charge in [0.05, 0.1) is 19.8 Å². The van der Waals surface area contributed by atoms with Crippen molar-refractivity contribution < 1.29 is 14.3 Å². The summed E-state index contributed by atoms with van der Waals surface area (Å²) in [5, 5.41) is 2.98. The Morgan fingerprint density at radius 3 is 2.59 bits per heavy atom. The third kappa shape index (κ3) is 4.01. The van der Waals surface area contributed by atoms with Crippen molar-refractivity contribution in [2.24, 2.45) is 0 Å². The highest BCUT2D eigenvalue weighted by Crippen LogP contribution is 2.20. The maximum Gasteiger partial charge on any atom is 0.251 e. The smallest absolute Gasteiger partial charge is 0.251 e. The second kappa shape index (κ2) is 7.50. The number of nitrogens with one attached hydrogen (secondary N) is 1. The van der Waals surface area contributed by atoms with Crippen LogP contribution < -0.4 is 14.8 Å². The minimum Gasteiger partial charge on any atom is -0.497 e. The van der Waals surface area contributed by atoms with E-state index in [2.05, 4.69) is 5.32 Å². The average Bonchev–Trinajstić information content (AvgIpc) is 2.55. The summed E-state index contributed by atoms with van der Waals surface area (Å²) in [4.78, 5) is 12.3. The lowest BCUT2D eigenvalue weighted by atomic mass is 10.1. The summed E-state index contributed by atoms with van der Waals surface area (Å²) >= 11 is 0. The second-order valence-corrected chi connectivity index (χ2v) is 4.93. The number of carbonyl (C=O) groups is 1. The first-order valence-corrected chi connectivity index (χ1v) is 7.31. The summed E-state index contributed by atoms with van der Waals surface area (Å²) in [7, 11) is 1.63. The number of rotatable bonds is 6. The van der Waals surface area contributed by atoms with Gasteiger partial charge in [-0.3, -0.25) is 4.79 Å². The molecule has 2 rings (SSSR count). The van der Waals surface area contributed by atoms with Crippen LogP contribution in [-0.2, 0) is 0 Å². The van der Waals surface area contributed by atoms with Crippen molar-refractivity contribution in [3.63, 3.8) is 0 Å². The van der Waals surface area contributed by atoms with Crippen LogP contribution in [0.4, 0.5) is 0 Å². The van der Waals surface area contributed by atoms with Gasteiger partial charge in [-0.05, 0) is 49.7 Å². The Morgan fingerprint density at radius 2 is 1.86 bits per heavy atom. The van der Waals surface area contributed by atoms with E-state index in [-0.39, 0.29) is 11.9 Å². The predicted molar refractivity (Wildman–Crippen MR) is 86.5 cm³/mol. The quantitative estimate of drug-likeness (QED) is 0.887. The van der Waals surface area contributed by atoms with Gasteiger partial charge in [-0.15, -0.1) is 0 Å². The zero-order chi connectivity index (χ0) is 15.9. The Labute approximate surface area is 131 Å². The number of benzene rings is 2. The molecule has 22 heavy (non-hydrogen) atoms.